The number of carbonyl (C=O) groups excluding carboxylic acids is 1. The number of amides is 1. The van der Waals surface area contributed by atoms with Crippen molar-refractivity contribution in [2.45, 2.75) is 0 Å². The summed E-state index contributed by atoms with van der Waals surface area (Å²) in [7, 11) is 0. The molecule has 1 aromatic carbocycles. The minimum Gasteiger partial charge on any atom is -0.323 e. The second-order valence-electron chi connectivity index (χ2n) is 2.94. The molecule has 1 amide bonds. The highest BCUT2D eigenvalue weighted by atomic mass is 35.5. The number of anilines is 1. The topological polar surface area (TPSA) is 57.8 Å². The van der Waals surface area contributed by atoms with E-state index in [4.69, 9.17) is 11.6 Å². The Bertz CT molecular complexity index is 511. The summed E-state index contributed by atoms with van der Waals surface area (Å²) in [4.78, 5) is 11.1. The Morgan fingerprint density at radius 2 is 2.40 bits per heavy atom. The molecular weight excluding hydrogens is 221 g/mol. The monoisotopic (exact) mass is 227 g/mol. The molecule has 0 unspecified atom stereocenters. The van der Waals surface area contributed by atoms with Crippen LogP contribution in [0.3, 0.4) is 0 Å². The van der Waals surface area contributed by atoms with Gasteiger partial charge in [0.15, 0.2) is 0 Å². The largest absolute Gasteiger partial charge is 0.323 e. The van der Waals surface area contributed by atoms with E-state index in [1.165, 1.54) is 18.3 Å². The third kappa shape index (κ3) is 1.78. The first-order valence-corrected chi connectivity index (χ1v) is 4.73. The maximum absolute atomic E-state index is 13.2. The number of nitrogens with one attached hydrogen (secondary N) is 2. The number of H-pyrrole nitrogens is 1. The summed E-state index contributed by atoms with van der Waals surface area (Å²) >= 11 is 5.35. The van der Waals surface area contributed by atoms with E-state index in [1.54, 1.807) is 0 Å². The van der Waals surface area contributed by atoms with Crippen molar-refractivity contribution in [2.24, 2.45) is 0 Å². The lowest BCUT2D eigenvalue weighted by Crippen LogP contribution is -2.12. The summed E-state index contributed by atoms with van der Waals surface area (Å²) in [6, 6.07) is 2.72. The molecule has 0 atom stereocenters. The van der Waals surface area contributed by atoms with Crippen LogP contribution in [0.25, 0.3) is 10.9 Å². The van der Waals surface area contributed by atoms with Gasteiger partial charge in [0.25, 0.3) is 0 Å². The molecule has 2 N–H and O–H groups in total. The van der Waals surface area contributed by atoms with Crippen LogP contribution in [0, 0.1) is 5.82 Å². The van der Waals surface area contributed by atoms with Gasteiger partial charge < -0.3 is 5.32 Å². The lowest BCUT2D eigenvalue weighted by Gasteiger charge is -2.04. The van der Waals surface area contributed by atoms with Gasteiger partial charge in [-0.05, 0) is 12.1 Å². The molecule has 0 radical (unpaired) electrons. The lowest BCUT2D eigenvalue weighted by atomic mass is 10.2. The SMILES string of the molecule is O=C(CCl)Nc1ccc(F)c2cn[nH]c12. The number of halogens is 2. The smallest absolute Gasteiger partial charge is 0.239 e. The van der Waals surface area contributed by atoms with Gasteiger partial charge in [-0.3, -0.25) is 9.89 Å². The molecule has 78 valence electrons. The van der Waals surface area contributed by atoms with Crippen molar-refractivity contribution < 1.29 is 9.18 Å². The normalized spacial score (nSPS) is 10.5. The molecule has 0 saturated heterocycles. The van der Waals surface area contributed by atoms with E-state index in [1.807, 2.05) is 0 Å². The molecule has 4 nitrogen and oxygen atoms in total. The predicted octanol–water partition coefficient (Wildman–Crippen LogP) is 1.88. The molecular formula is C9H7ClFN3O. The number of fused-ring (bicyclic) bond motifs is 1. The number of benzene rings is 1. The van der Waals surface area contributed by atoms with Crippen LogP contribution in [0.1, 0.15) is 0 Å². The quantitative estimate of drug-likeness (QED) is 0.770. The summed E-state index contributed by atoms with van der Waals surface area (Å²) in [6.45, 7) is 0. The maximum atomic E-state index is 13.2. The van der Waals surface area contributed by atoms with E-state index in [2.05, 4.69) is 15.5 Å². The van der Waals surface area contributed by atoms with Crippen molar-refractivity contribution in [3.05, 3.63) is 24.1 Å². The number of nitrogens with zero attached hydrogens (tertiary/aromatic N) is 1. The fourth-order valence-electron chi connectivity index (χ4n) is 1.29. The molecule has 0 fully saturated rings. The number of carbonyl (C=O) groups is 1. The van der Waals surface area contributed by atoms with Crippen molar-refractivity contribution in [3.8, 4) is 0 Å². The summed E-state index contributed by atoms with van der Waals surface area (Å²) < 4.78 is 13.2. The summed E-state index contributed by atoms with van der Waals surface area (Å²) in [6.07, 6.45) is 1.36. The average molecular weight is 228 g/mol. The summed E-state index contributed by atoms with van der Waals surface area (Å²) in [5.74, 6) is -0.880. The molecule has 2 aromatic rings. The highest BCUT2D eigenvalue weighted by Crippen LogP contribution is 2.23. The Kier molecular flexibility index (Phi) is 2.55. The fraction of sp³-hybridized carbons (Fsp3) is 0.111. The van der Waals surface area contributed by atoms with E-state index < -0.39 is 0 Å². The van der Waals surface area contributed by atoms with Crippen LogP contribution >= 0.6 is 11.6 Å². The Balaban J connectivity index is 2.48. The van der Waals surface area contributed by atoms with Gasteiger partial charge in [-0.15, -0.1) is 11.6 Å². The minimum atomic E-state index is -0.386. The zero-order chi connectivity index (χ0) is 10.8. The summed E-state index contributed by atoms with van der Waals surface area (Å²) in [5.41, 5.74) is 0.919. The van der Waals surface area contributed by atoms with Crippen LogP contribution in [0.5, 0.6) is 0 Å². The molecule has 15 heavy (non-hydrogen) atoms. The van der Waals surface area contributed by atoms with Gasteiger partial charge >= 0.3 is 0 Å². The number of aromatic amines is 1. The van der Waals surface area contributed by atoms with Crippen LogP contribution in [0.2, 0.25) is 0 Å². The molecule has 2 rings (SSSR count). The predicted molar refractivity (Wildman–Crippen MR) is 55.4 cm³/mol. The standard InChI is InChI=1S/C9H7ClFN3O/c10-3-8(15)13-7-2-1-6(11)5-4-12-14-9(5)7/h1-2,4H,3H2,(H,12,14)(H,13,15). The van der Waals surface area contributed by atoms with Crippen LogP contribution in [-0.2, 0) is 4.79 Å². The fourth-order valence-corrected chi connectivity index (χ4v) is 1.36. The lowest BCUT2D eigenvalue weighted by molar-refractivity contribution is -0.113. The second-order valence-corrected chi connectivity index (χ2v) is 3.20. The van der Waals surface area contributed by atoms with Crippen LogP contribution < -0.4 is 5.32 Å². The van der Waals surface area contributed by atoms with Gasteiger partial charge in [0, 0.05) is 0 Å². The number of rotatable bonds is 2. The van der Waals surface area contributed by atoms with Crippen molar-refractivity contribution in [2.75, 3.05) is 11.2 Å². The van der Waals surface area contributed by atoms with Gasteiger partial charge in [-0.1, -0.05) is 0 Å². The Hall–Kier alpha value is -1.62. The Morgan fingerprint density at radius 3 is 3.13 bits per heavy atom. The first-order valence-electron chi connectivity index (χ1n) is 4.20. The van der Waals surface area contributed by atoms with Gasteiger partial charge in [0.2, 0.25) is 5.91 Å². The first kappa shape index (κ1) is 9.92. The van der Waals surface area contributed by atoms with E-state index in [0.29, 0.717) is 16.6 Å². The van der Waals surface area contributed by atoms with Gasteiger partial charge in [-0.25, -0.2) is 4.39 Å². The van der Waals surface area contributed by atoms with Gasteiger partial charge in [0.1, 0.15) is 11.7 Å². The van der Waals surface area contributed by atoms with Crippen LogP contribution in [0.4, 0.5) is 10.1 Å². The Morgan fingerprint density at radius 1 is 1.60 bits per heavy atom. The summed E-state index contributed by atoms with van der Waals surface area (Å²) in [5, 5.41) is 9.19. The zero-order valence-electron chi connectivity index (χ0n) is 7.55. The van der Waals surface area contributed by atoms with Crippen LogP contribution in [0.15, 0.2) is 18.3 Å². The molecule has 0 saturated carbocycles. The molecule has 0 aliphatic heterocycles. The number of hydrogen-bond acceptors (Lipinski definition) is 2. The van der Waals surface area contributed by atoms with Crippen molar-refractivity contribution >= 4 is 34.1 Å². The first-order chi connectivity index (χ1) is 7.22. The van der Waals surface area contributed by atoms with E-state index in [-0.39, 0.29) is 17.6 Å². The van der Waals surface area contributed by atoms with Gasteiger partial charge in [-0.2, -0.15) is 5.10 Å². The highest BCUT2D eigenvalue weighted by Gasteiger charge is 2.09. The van der Waals surface area contributed by atoms with Gasteiger partial charge in [0.05, 0.1) is 22.8 Å². The zero-order valence-corrected chi connectivity index (χ0v) is 8.31. The minimum absolute atomic E-state index is 0.146. The molecule has 1 heterocycles. The third-order valence-electron chi connectivity index (χ3n) is 1.96. The molecule has 0 aliphatic carbocycles. The number of alkyl halides is 1. The number of aromatic nitrogens is 2. The van der Waals surface area contributed by atoms with Crippen LogP contribution in [-0.4, -0.2) is 22.0 Å². The molecule has 0 aliphatic rings. The van der Waals surface area contributed by atoms with E-state index in [0.717, 1.165) is 0 Å². The highest BCUT2D eigenvalue weighted by molar-refractivity contribution is 6.29. The molecule has 0 bridgehead atoms. The molecule has 6 heteroatoms. The van der Waals surface area contributed by atoms with E-state index >= 15 is 0 Å². The van der Waals surface area contributed by atoms with Crippen molar-refractivity contribution in [1.29, 1.82) is 0 Å². The average Bonchev–Trinajstić information content (AvgIpc) is 2.71. The third-order valence-corrected chi connectivity index (χ3v) is 2.20. The maximum Gasteiger partial charge on any atom is 0.239 e. The second kappa shape index (κ2) is 3.86. The Labute approximate surface area is 89.4 Å². The molecule has 1 aromatic heterocycles. The van der Waals surface area contributed by atoms with Crippen molar-refractivity contribution in [3.63, 3.8) is 0 Å². The number of hydrogen-bond donors (Lipinski definition) is 2. The van der Waals surface area contributed by atoms with E-state index in [9.17, 15) is 9.18 Å². The van der Waals surface area contributed by atoms with Crippen molar-refractivity contribution in [1.82, 2.24) is 10.2 Å². The molecule has 0 spiro atoms.